The van der Waals surface area contributed by atoms with Gasteiger partial charge in [-0.1, -0.05) is 30.3 Å². The number of hydrogen-bond donors (Lipinski definition) is 1. The molecule has 1 aliphatic heterocycles. The Bertz CT molecular complexity index is 699. The van der Waals surface area contributed by atoms with Crippen LogP contribution in [0, 0.1) is 5.92 Å². The molecule has 128 valence electrons. The molecule has 6 nitrogen and oxygen atoms in total. The first kappa shape index (κ1) is 16.4. The van der Waals surface area contributed by atoms with E-state index in [1.165, 1.54) is 0 Å². The summed E-state index contributed by atoms with van der Waals surface area (Å²) in [5.41, 5.74) is 7.16. The summed E-state index contributed by atoms with van der Waals surface area (Å²) in [6.07, 6.45) is 3.24. The van der Waals surface area contributed by atoms with Gasteiger partial charge in [-0.25, -0.2) is 4.79 Å². The zero-order valence-electron chi connectivity index (χ0n) is 14.3. The van der Waals surface area contributed by atoms with Crippen LogP contribution in [0.4, 0.5) is 10.5 Å². The van der Waals surface area contributed by atoms with Crippen LogP contribution in [-0.4, -0.2) is 39.5 Å². The Balaban J connectivity index is 1.74. The van der Waals surface area contributed by atoms with Crippen molar-refractivity contribution in [3.63, 3.8) is 0 Å². The first-order valence-electron chi connectivity index (χ1n) is 8.16. The number of nitrogens with zero attached hydrogens (tertiary/aromatic N) is 3. The molecule has 1 aromatic carbocycles. The van der Waals surface area contributed by atoms with Crippen LogP contribution in [0.2, 0.25) is 0 Å². The first-order valence-corrected chi connectivity index (χ1v) is 8.16. The number of likely N-dealkylation sites (tertiary alicyclic amines) is 1. The molecular formula is C18H24N4O2. The molecule has 2 N–H and O–H groups in total. The van der Waals surface area contributed by atoms with E-state index in [1.807, 2.05) is 49.8 Å². The van der Waals surface area contributed by atoms with Gasteiger partial charge in [0.15, 0.2) is 0 Å². The van der Waals surface area contributed by atoms with Crippen LogP contribution in [0.15, 0.2) is 42.7 Å². The topological polar surface area (TPSA) is 73.4 Å². The van der Waals surface area contributed by atoms with Gasteiger partial charge >= 0.3 is 6.09 Å². The summed E-state index contributed by atoms with van der Waals surface area (Å²) in [4.78, 5) is 13.9. The van der Waals surface area contributed by atoms with Crippen molar-refractivity contribution >= 4 is 11.8 Å². The second-order valence-corrected chi connectivity index (χ2v) is 7.25. The van der Waals surface area contributed by atoms with Gasteiger partial charge in [0, 0.05) is 25.2 Å². The van der Waals surface area contributed by atoms with Crippen molar-refractivity contribution in [2.24, 2.45) is 5.92 Å². The number of aromatic nitrogens is 2. The van der Waals surface area contributed by atoms with E-state index in [2.05, 4.69) is 17.2 Å². The Morgan fingerprint density at radius 2 is 1.96 bits per heavy atom. The molecule has 6 heteroatoms. The lowest BCUT2D eigenvalue weighted by Crippen LogP contribution is -2.54. The highest BCUT2D eigenvalue weighted by atomic mass is 16.6. The SMILES string of the molecule is CC(C)(C)OC(=O)N1CC([C@@H](c2ccccc2)n2cc(N)cn2)C1. The number of hydrogen-bond acceptors (Lipinski definition) is 4. The highest BCUT2D eigenvalue weighted by Crippen LogP contribution is 2.34. The fraction of sp³-hybridized carbons (Fsp3) is 0.444. The summed E-state index contributed by atoms with van der Waals surface area (Å²) >= 11 is 0. The summed E-state index contributed by atoms with van der Waals surface area (Å²) in [5, 5.41) is 4.38. The predicted molar refractivity (Wildman–Crippen MR) is 92.5 cm³/mol. The van der Waals surface area contributed by atoms with Gasteiger partial charge in [0.05, 0.1) is 17.9 Å². The molecule has 1 fully saturated rings. The predicted octanol–water partition coefficient (Wildman–Crippen LogP) is 2.92. The minimum atomic E-state index is -0.475. The minimum absolute atomic E-state index is 0.0576. The summed E-state index contributed by atoms with van der Waals surface area (Å²) < 4.78 is 7.32. The monoisotopic (exact) mass is 328 g/mol. The van der Waals surface area contributed by atoms with E-state index in [9.17, 15) is 4.79 Å². The molecule has 2 aromatic rings. The van der Waals surface area contributed by atoms with Crippen molar-refractivity contribution in [2.75, 3.05) is 18.8 Å². The van der Waals surface area contributed by atoms with Gasteiger partial charge in [-0.15, -0.1) is 0 Å². The lowest BCUT2D eigenvalue weighted by molar-refractivity contribution is -0.00749. The number of nitrogens with two attached hydrogens (primary N) is 1. The molecule has 3 rings (SSSR count). The van der Waals surface area contributed by atoms with Crippen LogP contribution in [0.5, 0.6) is 0 Å². The molecule has 1 atom stereocenters. The Morgan fingerprint density at radius 3 is 2.50 bits per heavy atom. The summed E-state index contributed by atoms with van der Waals surface area (Å²) in [6.45, 7) is 6.92. The second kappa shape index (κ2) is 6.19. The largest absolute Gasteiger partial charge is 0.444 e. The number of benzene rings is 1. The Morgan fingerprint density at radius 1 is 1.29 bits per heavy atom. The van der Waals surface area contributed by atoms with Crippen LogP contribution >= 0.6 is 0 Å². The van der Waals surface area contributed by atoms with Crippen molar-refractivity contribution in [3.05, 3.63) is 48.3 Å². The van der Waals surface area contributed by atoms with Gasteiger partial charge in [-0.05, 0) is 26.3 Å². The van der Waals surface area contributed by atoms with Gasteiger partial charge < -0.3 is 15.4 Å². The fourth-order valence-corrected chi connectivity index (χ4v) is 2.98. The molecular weight excluding hydrogens is 304 g/mol. The maximum atomic E-state index is 12.1. The number of ether oxygens (including phenoxy) is 1. The van der Waals surface area contributed by atoms with E-state index in [0.29, 0.717) is 18.8 Å². The molecule has 0 aliphatic carbocycles. The van der Waals surface area contributed by atoms with Crippen molar-refractivity contribution in [3.8, 4) is 0 Å². The summed E-state index contributed by atoms with van der Waals surface area (Å²) in [6, 6.07) is 10.2. The maximum Gasteiger partial charge on any atom is 0.410 e. The molecule has 0 bridgehead atoms. The van der Waals surface area contributed by atoms with Gasteiger partial charge in [-0.2, -0.15) is 5.10 Å². The highest BCUT2D eigenvalue weighted by Gasteiger charge is 2.39. The third kappa shape index (κ3) is 3.53. The molecule has 1 aromatic heterocycles. The van der Waals surface area contributed by atoms with E-state index in [1.54, 1.807) is 11.1 Å². The minimum Gasteiger partial charge on any atom is -0.444 e. The van der Waals surface area contributed by atoms with Gasteiger partial charge in [0.1, 0.15) is 5.60 Å². The van der Waals surface area contributed by atoms with Crippen LogP contribution in [-0.2, 0) is 4.74 Å². The Labute approximate surface area is 142 Å². The van der Waals surface area contributed by atoms with Crippen molar-refractivity contribution < 1.29 is 9.53 Å². The molecule has 2 heterocycles. The lowest BCUT2D eigenvalue weighted by atomic mass is 9.87. The summed E-state index contributed by atoms with van der Waals surface area (Å²) in [5.74, 6) is 0.277. The van der Waals surface area contributed by atoms with Crippen LogP contribution in [0.1, 0.15) is 32.4 Å². The number of nitrogen functional groups attached to an aromatic ring is 1. The molecule has 1 saturated heterocycles. The third-order valence-corrected chi connectivity index (χ3v) is 4.06. The normalized spacial score (nSPS) is 16.5. The second-order valence-electron chi connectivity index (χ2n) is 7.25. The Hall–Kier alpha value is -2.50. The average Bonchev–Trinajstić information content (AvgIpc) is 2.87. The van der Waals surface area contributed by atoms with Gasteiger partial charge in [-0.3, -0.25) is 4.68 Å². The highest BCUT2D eigenvalue weighted by molar-refractivity contribution is 5.69. The van der Waals surface area contributed by atoms with Crippen molar-refractivity contribution in [1.82, 2.24) is 14.7 Å². The third-order valence-electron chi connectivity index (χ3n) is 4.06. The van der Waals surface area contributed by atoms with E-state index < -0.39 is 5.60 Å². The number of carbonyl (C=O) groups excluding carboxylic acids is 1. The van der Waals surface area contributed by atoms with Crippen LogP contribution in [0.3, 0.4) is 0 Å². The first-order chi connectivity index (χ1) is 11.3. The van der Waals surface area contributed by atoms with Crippen LogP contribution in [0.25, 0.3) is 0 Å². The quantitative estimate of drug-likeness (QED) is 0.940. The summed E-state index contributed by atoms with van der Waals surface area (Å²) in [7, 11) is 0. The average molecular weight is 328 g/mol. The molecule has 24 heavy (non-hydrogen) atoms. The standard InChI is InChI=1S/C18H24N4O2/c1-18(2,3)24-17(23)21-10-14(11-21)16(13-7-5-4-6-8-13)22-12-15(19)9-20-22/h4-9,12,14,16H,10-11,19H2,1-3H3/t16-/m1/s1. The zero-order valence-corrected chi connectivity index (χ0v) is 14.3. The van der Waals surface area contributed by atoms with E-state index in [0.717, 1.165) is 5.56 Å². The molecule has 0 spiro atoms. The molecule has 0 unspecified atom stereocenters. The fourth-order valence-electron chi connectivity index (χ4n) is 2.98. The zero-order chi connectivity index (χ0) is 17.3. The number of anilines is 1. The van der Waals surface area contributed by atoms with Crippen LogP contribution < -0.4 is 5.73 Å². The molecule has 0 saturated carbocycles. The molecule has 1 aliphatic rings. The van der Waals surface area contributed by atoms with Crippen molar-refractivity contribution in [2.45, 2.75) is 32.4 Å². The van der Waals surface area contributed by atoms with E-state index >= 15 is 0 Å². The lowest BCUT2D eigenvalue weighted by Gasteiger charge is -2.43. The number of amides is 1. The van der Waals surface area contributed by atoms with Gasteiger partial charge in [0.25, 0.3) is 0 Å². The number of rotatable bonds is 3. The van der Waals surface area contributed by atoms with Crippen molar-refractivity contribution in [1.29, 1.82) is 0 Å². The maximum absolute atomic E-state index is 12.1. The molecule has 1 amide bonds. The Kier molecular flexibility index (Phi) is 4.22. The van der Waals surface area contributed by atoms with Gasteiger partial charge in [0.2, 0.25) is 0 Å². The smallest absolute Gasteiger partial charge is 0.410 e. The van der Waals surface area contributed by atoms with E-state index in [4.69, 9.17) is 10.5 Å². The van der Waals surface area contributed by atoms with E-state index in [-0.39, 0.29) is 18.1 Å². The number of carbonyl (C=O) groups is 1. The molecule has 0 radical (unpaired) electrons.